The number of rotatable bonds is 25. The van der Waals surface area contributed by atoms with Gasteiger partial charge in [-0.25, -0.2) is 0 Å². The number of methoxy groups -OCH3 is 1. The summed E-state index contributed by atoms with van der Waals surface area (Å²) >= 11 is 0. The lowest BCUT2D eigenvalue weighted by molar-refractivity contribution is -0.132. The number of carbonyl (C=O) groups is 1. The first kappa shape index (κ1) is 30.2. The van der Waals surface area contributed by atoms with Crippen molar-refractivity contribution < 1.29 is 38.0 Å². The predicted molar refractivity (Wildman–Crippen MR) is 119 cm³/mol. The molecule has 0 heterocycles. The third kappa shape index (κ3) is 22.2. The van der Waals surface area contributed by atoms with Crippen LogP contribution in [-0.2, 0) is 38.0 Å². The Balaban J connectivity index is 3.22. The Morgan fingerprint density at radius 3 is 1.19 bits per heavy atom. The molecule has 0 N–H and O–H groups in total. The Bertz CT molecular complexity index is 367. The van der Waals surface area contributed by atoms with Gasteiger partial charge in [0, 0.05) is 20.2 Å². The average molecular weight is 452 g/mol. The minimum absolute atomic E-state index is 0.166. The molecule has 0 aliphatic carbocycles. The summed E-state index contributed by atoms with van der Waals surface area (Å²) in [4.78, 5) is 14.0. The molecule has 0 aliphatic rings. The summed E-state index contributed by atoms with van der Waals surface area (Å²) in [6.45, 7) is 12.7. The average Bonchev–Trinajstić information content (AvgIpc) is 2.77. The second-order valence-electron chi connectivity index (χ2n) is 6.80. The molecule has 0 saturated carbocycles. The highest BCUT2D eigenvalue weighted by atomic mass is 16.6. The molecule has 31 heavy (non-hydrogen) atoms. The topological polar surface area (TPSA) is 84.9 Å². The normalized spacial score (nSPS) is 11.2. The van der Waals surface area contributed by atoms with Crippen molar-refractivity contribution in [2.24, 2.45) is 0 Å². The zero-order chi connectivity index (χ0) is 22.8. The van der Waals surface area contributed by atoms with Gasteiger partial charge in [0.15, 0.2) is 0 Å². The molecule has 0 aromatic carbocycles. The molecule has 0 rings (SSSR count). The summed E-state index contributed by atoms with van der Waals surface area (Å²) in [6, 6.07) is 0. The first-order chi connectivity index (χ1) is 15.3. The van der Waals surface area contributed by atoms with E-state index < -0.39 is 0 Å². The Hall–Kier alpha value is -0.810. The second-order valence-corrected chi connectivity index (χ2v) is 6.80. The van der Waals surface area contributed by atoms with Gasteiger partial charge in [0.05, 0.1) is 92.3 Å². The van der Waals surface area contributed by atoms with E-state index in [-0.39, 0.29) is 5.91 Å². The fraction of sp³-hybridized carbons (Fsp3) is 0.955. The first-order valence-electron chi connectivity index (χ1n) is 11.5. The Morgan fingerprint density at radius 2 is 0.871 bits per heavy atom. The molecule has 0 aromatic rings. The molecule has 0 aromatic heterocycles. The van der Waals surface area contributed by atoms with E-state index in [4.69, 9.17) is 33.2 Å². The van der Waals surface area contributed by atoms with E-state index in [0.29, 0.717) is 92.3 Å². The predicted octanol–water partition coefficient (Wildman–Crippen LogP) is 1.77. The number of amides is 1. The van der Waals surface area contributed by atoms with Crippen LogP contribution in [0.15, 0.2) is 0 Å². The summed E-state index contributed by atoms with van der Waals surface area (Å²) in [5.74, 6) is 0.166. The van der Waals surface area contributed by atoms with Crippen LogP contribution >= 0.6 is 0 Å². The van der Waals surface area contributed by atoms with E-state index in [1.807, 2.05) is 4.90 Å². The second kappa shape index (κ2) is 25.5. The number of carbonyl (C=O) groups excluding carboxylic acids is 1. The van der Waals surface area contributed by atoms with Gasteiger partial charge in [0.1, 0.15) is 0 Å². The maximum atomic E-state index is 12.1. The zero-order valence-electron chi connectivity index (χ0n) is 19.9. The van der Waals surface area contributed by atoms with Crippen molar-refractivity contribution in [2.75, 3.05) is 106 Å². The van der Waals surface area contributed by atoms with Crippen molar-refractivity contribution >= 4 is 5.91 Å². The SMILES string of the molecule is CCCN(CCC)C(=O)CCOCCOCCOCCOCCOCCOCCOC. The minimum Gasteiger partial charge on any atom is -0.382 e. The van der Waals surface area contributed by atoms with Gasteiger partial charge in [0.2, 0.25) is 5.91 Å². The zero-order valence-corrected chi connectivity index (χ0v) is 19.9. The third-order valence-electron chi connectivity index (χ3n) is 4.09. The molecule has 9 nitrogen and oxygen atoms in total. The van der Waals surface area contributed by atoms with E-state index in [1.165, 1.54) is 0 Å². The highest BCUT2D eigenvalue weighted by Gasteiger charge is 2.10. The summed E-state index contributed by atoms with van der Waals surface area (Å²) in [6.07, 6.45) is 2.39. The lowest BCUT2D eigenvalue weighted by Crippen LogP contribution is -2.33. The molecule has 0 radical (unpaired) electrons. The van der Waals surface area contributed by atoms with Crippen molar-refractivity contribution in [1.29, 1.82) is 0 Å². The Morgan fingerprint density at radius 1 is 0.548 bits per heavy atom. The van der Waals surface area contributed by atoms with Crippen molar-refractivity contribution in [2.45, 2.75) is 33.1 Å². The smallest absolute Gasteiger partial charge is 0.224 e. The Kier molecular flexibility index (Phi) is 24.8. The van der Waals surface area contributed by atoms with E-state index in [2.05, 4.69) is 13.8 Å². The van der Waals surface area contributed by atoms with Gasteiger partial charge in [-0.1, -0.05) is 13.8 Å². The van der Waals surface area contributed by atoms with E-state index in [9.17, 15) is 4.79 Å². The summed E-state index contributed by atoms with van der Waals surface area (Å²) < 4.78 is 37.3. The summed E-state index contributed by atoms with van der Waals surface area (Å²) in [7, 11) is 1.65. The van der Waals surface area contributed by atoms with Crippen molar-refractivity contribution in [3.05, 3.63) is 0 Å². The van der Waals surface area contributed by atoms with Gasteiger partial charge < -0.3 is 38.1 Å². The molecule has 0 saturated heterocycles. The van der Waals surface area contributed by atoms with E-state index >= 15 is 0 Å². The van der Waals surface area contributed by atoms with Gasteiger partial charge in [-0.05, 0) is 12.8 Å². The number of hydrogen-bond acceptors (Lipinski definition) is 8. The number of ether oxygens (including phenoxy) is 7. The van der Waals surface area contributed by atoms with Crippen LogP contribution in [0, 0.1) is 0 Å². The molecule has 0 bridgehead atoms. The molecular weight excluding hydrogens is 406 g/mol. The molecule has 0 fully saturated rings. The van der Waals surface area contributed by atoms with Crippen LogP contribution in [0.25, 0.3) is 0 Å². The van der Waals surface area contributed by atoms with E-state index in [1.54, 1.807) is 7.11 Å². The summed E-state index contributed by atoms with van der Waals surface area (Å²) in [5, 5.41) is 0. The first-order valence-corrected chi connectivity index (χ1v) is 11.5. The monoisotopic (exact) mass is 451 g/mol. The van der Waals surface area contributed by atoms with Crippen LogP contribution in [0.3, 0.4) is 0 Å². The fourth-order valence-electron chi connectivity index (χ4n) is 2.56. The molecular formula is C22H45NO8. The molecule has 0 unspecified atom stereocenters. The van der Waals surface area contributed by atoms with Crippen LogP contribution in [-0.4, -0.2) is 117 Å². The standard InChI is InChI=1S/C22H45NO8/c1-4-7-23(8-5-2)22(24)6-9-26-12-13-28-16-17-30-20-21-31-19-18-29-15-14-27-11-10-25-3/h4-21H2,1-3H3. The van der Waals surface area contributed by atoms with Crippen molar-refractivity contribution in [1.82, 2.24) is 4.90 Å². The Labute approximate surface area is 188 Å². The van der Waals surface area contributed by atoms with E-state index in [0.717, 1.165) is 25.9 Å². The maximum Gasteiger partial charge on any atom is 0.224 e. The number of hydrogen-bond donors (Lipinski definition) is 0. The summed E-state index contributed by atoms with van der Waals surface area (Å²) in [5.41, 5.74) is 0. The van der Waals surface area contributed by atoms with Crippen LogP contribution < -0.4 is 0 Å². The third-order valence-corrected chi connectivity index (χ3v) is 4.09. The van der Waals surface area contributed by atoms with Gasteiger partial charge in [-0.2, -0.15) is 0 Å². The molecule has 0 aliphatic heterocycles. The van der Waals surface area contributed by atoms with Gasteiger partial charge >= 0.3 is 0 Å². The lowest BCUT2D eigenvalue weighted by Gasteiger charge is -2.21. The van der Waals surface area contributed by atoms with Crippen LogP contribution in [0.5, 0.6) is 0 Å². The van der Waals surface area contributed by atoms with Gasteiger partial charge in [-0.15, -0.1) is 0 Å². The molecule has 186 valence electrons. The van der Waals surface area contributed by atoms with Gasteiger partial charge in [-0.3, -0.25) is 4.79 Å². The van der Waals surface area contributed by atoms with Crippen LogP contribution in [0.1, 0.15) is 33.1 Å². The maximum absolute atomic E-state index is 12.1. The fourth-order valence-corrected chi connectivity index (χ4v) is 2.56. The molecule has 1 amide bonds. The van der Waals surface area contributed by atoms with Crippen LogP contribution in [0.4, 0.5) is 0 Å². The molecule has 9 heteroatoms. The highest BCUT2D eigenvalue weighted by Crippen LogP contribution is 1.99. The quantitative estimate of drug-likeness (QED) is 0.194. The van der Waals surface area contributed by atoms with Crippen molar-refractivity contribution in [3.63, 3.8) is 0 Å². The minimum atomic E-state index is 0.166. The largest absolute Gasteiger partial charge is 0.382 e. The number of nitrogens with zero attached hydrogens (tertiary/aromatic N) is 1. The lowest BCUT2D eigenvalue weighted by atomic mass is 10.3. The molecule has 0 spiro atoms. The van der Waals surface area contributed by atoms with Crippen molar-refractivity contribution in [3.8, 4) is 0 Å². The van der Waals surface area contributed by atoms with Gasteiger partial charge in [0.25, 0.3) is 0 Å². The molecule has 0 atom stereocenters. The highest BCUT2D eigenvalue weighted by molar-refractivity contribution is 5.76. The van der Waals surface area contributed by atoms with Crippen LogP contribution in [0.2, 0.25) is 0 Å².